The lowest BCUT2D eigenvalue weighted by molar-refractivity contribution is -0.140. The first-order chi connectivity index (χ1) is 17.8. The highest BCUT2D eigenvalue weighted by Gasteiger charge is 2.34. The van der Waals surface area contributed by atoms with E-state index >= 15 is 0 Å². The number of rotatable bonds is 6. The number of nitrogens with one attached hydrogen (secondary N) is 1. The van der Waals surface area contributed by atoms with E-state index in [9.17, 15) is 13.2 Å². The maximum Gasteiger partial charge on any atom is 0.434 e. The molecule has 4 heterocycles. The molecule has 0 radical (unpaired) electrons. The monoisotopic (exact) mass is 504 g/mol. The van der Waals surface area contributed by atoms with Crippen molar-refractivity contribution in [2.24, 2.45) is 7.05 Å². The molecule has 1 aliphatic carbocycles. The summed E-state index contributed by atoms with van der Waals surface area (Å²) >= 11 is 0. The fraction of sp³-hybridized carbons (Fsp3) is 0.259. The Hall–Kier alpha value is -4.21. The van der Waals surface area contributed by atoms with Crippen molar-refractivity contribution in [2.75, 3.05) is 7.11 Å². The summed E-state index contributed by atoms with van der Waals surface area (Å²) in [5, 5.41) is 1.03. The Morgan fingerprint density at radius 2 is 1.89 bits per heavy atom. The molecule has 1 N–H and O–H groups in total. The number of aryl methyl sites for hydroxylation is 1. The fourth-order valence-electron chi connectivity index (χ4n) is 4.67. The van der Waals surface area contributed by atoms with Crippen LogP contribution in [0.3, 0.4) is 0 Å². The van der Waals surface area contributed by atoms with Gasteiger partial charge in [0, 0.05) is 36.3 Å². The third kappa shape index (κ3) is 4.32. The zero-order chi connectivity index (χ0) is 25.7. The molecule has 0 unspecified atom stereocenters. The number of hydrogen-bond donors (Lipinski definition) is 1. The first kappa shape index (κ1) is 23.2. The maximum atomic E-state index is 13.0. The number of imidazole rings is 1. The molecule has 1 saturated carbocycles. The third-order valence-corrected chi connectivity index (χ3v) is 6.68. The molecule has 37 heavy (non-hydrogen) atoms. The number of benzene rings is 1. The van der Waals surface area contributed by atoms with E-state index in [-0.39, 0.29) is 5.82 Å². The summed E-state index contributed by atoms with van der Waals surface area (Å²) in [7, 11) is 3.16. The van der Waals surface area contributed by atoms with Gasteiger partial charge in [-0.05, 0) is 36.5 Å². The minimum Gasteiger partial charge on any atom is -0.480 e. The molecule has 1 aliphatic rings. The third-order valence-electron chi connectivity index (χ3n) is 6.68. The van der Waals surface area contributed by atoms with Crippen molar-refractivity contribution < 1.29 is 17.9 Å². The summed E-state index contributed by atoms with van der Waals surface area (Å²) in [6.45, 7) is 0. The minimum absolute atomic E-state index is 0.271. The summed E-state index contributed by atoms with van der Waals surface area (Å²) < 4.78 is 46.1. The molecular weight excluding hydrogens is 481 g/mol. The Morgan fingerprint density at radius 1 is 1.11 bits per heavy atom. The second kappa shape index (κ2) is 8.72. The van der Waals surface area contributed by atoms with Crippen LogP contribution < -0.4 is 4.74 Å². The largest absolute Gasteiger partial charge is 0.480 e. The summed E-state index contributed by atoms with van der Waals surface area (Å²) in [6.07, 6.45) is 4.65. The van der Waals surface area contributed by atoms with Crippen molar-refractivity contribution in [3.63, 3.8) is 0 Å². The van der Waals surface area contributed by atoms with Gasteiger partial charge in [0.05, 0.1) is 35.8 Å². The molecule has 7 nitrogen and oxygen atoms in total. The van der Waals surface area contributed by atoms with E-state index in [1.165, 1.54) is 10.9 Å². The van der Waals surface area contributed by atoms with E-state index in [0.29, 0.717) is 23.8 Å². The first-order valence-corrected chi connectivity index (χ1v) is 11.9. The number of aromatic amines is 1. The molecule has 188 valence electrons. The lowest BCUT2D eigenvalue weighted by atomic mass is 10.0. The van der Waals surface area contributed by atoms with E-state index in [4.69, 9.17) is 4.74 Å². The lowest BCUT2D eigenvalue weighted by Crippen LogP contribution is -2.04. The summed E-state index contributed by atoms with van der Waals surface area (Å²) in [4.78, 5) is 20.6. The predicted molar refractivity (Wildman–Crippen MR) is 132 cm³/mol. The van der Waals surface area contributed by atoms with Crippen LogP contribution in [-0.2, 0) is 19.6 Å². The van der Waals surface area contributed by atoms with Crippen molar-refractivity contribution in [2.45, 2.75) is 31.4 Å². The maximum absolute atomic E-state index is 13.0. The van der Waals surface area contributed by atoms with Gasteiger partial charge in [0.25, 0.3) is 0 Å². The number of pyridine rings is 1. The average Bonchev–Trinajstić information content (AvgIpc) is 3.55. The van der Waals surface area contributed by atoms with Crippen LogP contribution in [0.2, 0.25) is 0 Å². The minimum atomic E-state index is -4.48. The summed E-state index contributed by atoms with van der Waals surface area (Å²) in [5.41, 5.74) is 5.29. The van der Waals surface area contributed by atoms with Gasteiger partial charge in [0.1, 0.15) is 12.2 Å². The molecule has 6 rings (SSSR count). The number of halogens is 3. The standard InChI is InChI=1S/C27H23F3N6O/c1-36-13-22(27(28,29)30)35-25(36)17-5-3-15(4-6-17)9-18-11-31-21-12-32-20(10-19(18)21)23-24(16-7-8-16)33-14-34-26(23)37-2/h3-6,10-14,16,31H,7-9H2,1-2H3. The van der Waals surface area contributed by atoms with Gasteiger partial charge in [0.2, 0.25) is 5.88 Å². The second-order valence-corrected chi connectivity index (χ2v) is 9.28. The van der Waals surface area contributed by atoms with Gasteiger partial charge in [-0.15, -0.1) is 0 Å². The van der Waals surface area contributed by atoms with Gasteiger partial charge in [-0.1, -0.05) is 24.3 Å². The SMILES string of the molecule is COc1ncnc(C2CC2)c1-c1cc2c(Cc3ccc(-c4nc(C(F)(F)F)cn4C)cc3)c[nH]c2cn1. The Balaban J connectivity index is 1.31. The number of hydrogen-bond acceptors (Lipinski definition) is 5. The molecule has 0 saturated heterocycles. The Bertz CT molecular complexity index is 1600. The molecule has 0 amide bonds. The van der Waals surface area contributed by atoms with Crippen LogP contribution in [0.1, 0.15) is 41.3 Å². The van der Waals surface area contributed by atoms with Crippen LogP contribution in [-0.4, -0.2) is 36.6 Å². The second-order valence-electron chi connectivity index (χ2n) is 9.28. The van der Waals surface area contributed by atoms with Crippen LogP contribution in [0.15, 0.2) is 55.2 Å². The van der Waals surface area contributed by atoms with Crippen LogP contribution in [0.25, 0.3) is 33.5 Å². The first-order valence-electron chi connectivity index (χ1n) is 11.9. The quantitative estimate of drug-likeness (QED) is 0.311. The number of fused-ring (bicyclic) bond motifs is 1. The molecule has 1 fully saturated rings. The van der Waals surface area contributed by atoms with Crippen molar-refractivity contribution in [1.82, 2.24) is 29.5 Å². The Morgan fingerprint density at radius 3 is 2.57 bits per heavy atom. The van der Waals surface area contributed by atoms with Crippen molar-refractivity contribution in [3.8, 4) is 28.5 Å². The molecule has 0 spiro atoms. The van der Waals surface area contributed by atoms with E-state index in [2.05, 4.69) is 24.9 Å². The highest BCUT2D eigenvalue weighted by Crippen LogP contribution is 2.45. The number of aromatic nitrogens is 6. The molecule has 0 aliphatic heterocycles. The van der Waals surface area contributed by atoms with Gasteiger partial charge < -0.3 is 14.3 Å². The lowest BCUT2D eigenvalue weighted by Gasteiger charge is -2.11. The molecule has 0 atom stereocenters. The summed E-state index contributed by atoms with van der Waals surface area (Å²) in [5.74, 6) is 1.19. The zero-order valence-corrected chi connectivity index (χ0v) is 20.2. The van der Waals surface area contributed by atoms with E-state index in [1.807, 2.05) is 24.4 Å². The molecule has 5 aromatic rings. The molecule has 0 bridgehead atoms. The van der Waals surface area contributed by atoms with Crippen molar-refractivity contribution >= 4 is 10.9 Å². The molecule has 1 aromatic carbocycles. The number of nitrogens with zero attached hydrogens (tertiary/aromatic N) is 5. The zero-order valence-electron chi connectivity index (χ0n) is 20.2. The van der Waals surface area contributed by atoms with Crippen LogP contribution in [0, 0.1) is 0 Å². The highest BCUT2D eigenvalue weighted by atomic mass is 19.4. The number of methoxy groups -OCH3 is 1. The van der Waals surface area contributed by atoms with Gasteiger partial charge in [0.15, 0.2) is 5.69 Å². The number of ether oxygens (including phenoxy) is 1. The van der Waals surface area contributed by atoms with Crippen LogP contribution in [0.5, 0.6) is 5.88 Å². The van der Waals surface area contributed by atoms with Crippen molar-refractivity contribution in [1.29, 1.82) is 0 Å². The summed E-state index contributed by atoms with van der Waals surface area (Å²) in [6, 6.07) is 9.46. The Kier molecular flexibility index (Phi) is 5.47. The topological polar surface area (TPSA) is 81.5 Å². The van der Waals surface area contributed by atoms with Gasteiger partial charge in [-0.25, -0.2) is 15.0 Å². The normalized spacial score (nSPS) is 13.9. The van der Waals surface area contributed by atoms with Gasteiger partial charge in [-0.3, -0.25) is 4.98 Å². The van der Waals surface area contributed by atoms with Crippen LogP contribution >= 0.6 is 0 Å². The molecule has 10 heteroatoms. The van der Waals surface area contributed by atoms with E-state index in [1.54, 1.807) is 32.5 Å². The predicted octanol–water partition coefficient (Wildman–Crippen LogP) is 5.92. The number of alkyl halides is 3. The van der Waals surface area contributed by atoms with Gasteiger partial charge >= 0.3 is 6.18 Å². The number of H-pyrrole nitrogens is 1. The van der Waals surface area contributed by atoms with Crippen molar-refractivity contribution in [3.05, 3.63) is 77.8 Å². The van der Waals surface area contributed by atoms with E-state index < -0.39 is 11.9 Å². The van der Waals surface area contributed by atoms with Crippen LogP contribution in [0.4, 0.5) is 13.2 Å². The fourth-order valence-corrected chi connectivity index (χ4v) is 4.67. The molecular formula is C27H23F3N6O. The Labute approximate surface area is 210 Å². The van der Waals surface area contributed by atoms with Gasteiger partial charge in [-0.2, -0.15) is 13.2 Å². The average molecular weight is 505 g/mol. The smallest absolute Gasteiger partial charge is 0.434 e. The highest BCUT2D eigenvalue weighted by molar-refractivity contribution is 5.87. The molecule has 4 aromatic heterocycles. The van der Waals surface area contributed by atoms with E-state index in [0.717, 1.165) is 58.0 Å².